The Kier molecular flexibility index (Phi) is 2.29. The molecule has 0 spiro atoms. The van der Waals surface area contributed by atoms with Crippen molar-refractivity contribution >= 4 is 11.6 Å². The van der Waals surface area contributed by atoms with Crippen LogP contribution in [0.1, 0.15) is 32.3 Å². The van der Waals surface area contributed by atoms with Crippen molar-refractivity contribution in [2.45, 2.75) is 32.1 Å². The molecule has 0 fully saturated rings. The van der Waals surface area contributed by atoms with Crippen LogP contribution >= 0.6 is 0 Å². The topological polar surface area (TPSA) is 20.3 Å². The zero-order valence-corrected chi connectivity index (χ0v) is 9.58. The van der Waals surface area contributed by atoms with E-state index >= 15 is 0 Å². The number of anilines is 1. The van der Waals surface area contributed by atoms with Crippen LogP contribution in [-0.4, -0.2) is 13.0 Å². The molecule has 1 aliphatic heterocycles. The van der Waals surface area contributed by atoms with E-state index in [0.29, 0.717) is 0 Å². The van der Waals surface area contributed by atoms with Crippen molar-refractivity contribution in [3.63, 3.8) is 0 Å². The number of likely N-dealkylation sites (N-methyl/N-ethyl adjacent to an activating group) is 1. The minimum Gasteiger partial charge on any atom is -0.314 e. The van der Waals surface area contributed by atoms with E-state index in [-0.39, 0.29) is 11.3 Å². The van der Waals surface area contributed by atoms with Gasteiger partial charge in [0.05, 0.1) is 5.41 Å². The molecule has 1 aliphatic rings. The van der Waals surface area contributed by atoms with Gasteiger partial charge in [0, 0.05) is 12.7 Å². The first-order valence-corrected chi connectivity index (χ1v) is 5.55. The van der Waals surface area contributed by atoms with Crippen LogP contribution in [0.25, 0.3) is 0 Å². The van der Waals surface area contributed by atoms with Crippen molar-refractivity contribution in [1.29, 1.82) is 0 Å². The quantitative estimate of drug-likeness (QED) is 0.723. The first-order chi connectivity index (χ1) is 7.17. The fourth-order valence-electron chi connectivity index (χ4n) is 2.65. The van der Waals surface area contributed by atoms with E-state index in [1.165, 1.54) is 5.56 Å². The summed E-state index contributed by atoms with van der Waals surface area (Å²) in [7, 11) is 1.87. The number of benzene rings is 1. The second kappa shape index (κ2) is 3.37. The Morgan fingerprint density at radius 1 is 1.20 bits per heavy atom. The van der Waals surface area contributed by atoms with Crippen molar-refractivity contribution < 1.29 is 4.79 Å². The lowest BCUT2D eigenvalue weighted by atomic mass is 9.77. The van der Waals surface area contributed by atoms with Gasteiger partial charge in [0.2, 0.25) is 5.91 Å². The average molecular weight is 203 g/mol. The Labute approximate surface area is 90.9 Å². The van der Waals surface area contributed by atoms with Crippen molar-refractivity contribution in [3.8, 4) is 0 Å². The average Bonchev–Trinajstić information content (AvgIpc) is 2.51. The van der Waals surface area contributed by atoms with Crippen LogP contribution in [0.5, 0.6) is 0 Å². The summed E-state index contributed by atoms with van der Waals surface area (Å²) >= 11 is 0. The van der Waals surface area contributed by atoms with Crippen LogP contribution < -0.4 is 4.90 Å². The van der Waals surface area contributed by atoms with Gasteiger partial charge in [-0.2, -0.15) is 0 Å². The van der Waals surface area contributed by atoms with Crippen LogP contribution in [0.15, 0.2) is 24.3 Å². The molecule has 1 aromatic rings. The first-order valence-electron chi connectivity index (χ1n) is 5.55. The second-order valence-corrected chi connectivity index (χ2v) is 4.17. The van der Waals surface area contributed by atoms with E-state index in [4.69, 9.17) is 0 Å². The van der Waals surface area contributed by atoms with Gasteiger partial charge < -0.3 is 4.90 Å². The van der Waals surface area contributed by atoms with Crippen LogP contribution in [-0.2, 0) is 10.2 Å². The lowest BCUT2D eigenvalue weighted by molar-refractivity contribution is -0.123. The molecule has 2 nitrogen and oxygen atoms in total. The number of hydrogen-bond acceptors (Lipinski definition) is 1. The molecule has 1 heterocycles. The largest absolute Gasteiger partial charge is 0.314 e. The molecule has 0 N–H and O–H groups in total. The highest BCUT2D eigenvalue weighted by atomic mass is 16.2. The maximum Gasteiger partial charge on any atom is 0.237 e. The third-order valence-corrected chi connectivity index (χ3v) is 3.70. The molecule has 2 rings (SSSR count). The Balaban J connectivity index is 2.65. The molecule has 2 heteroatoms. The molecule has 15 heavy (non-hydrogen) atoms. The zero-order valence-electron chi connectivity index (χ0n) is 9.58. The third kappa shape index (κ3) is 1.14. The minimum atomic E-state index is -0.272. The van der Waals surface area contributed by atoms with Crippen LogP contribution in [0.4, 0.5) is 5.69 Å². The number of para-hydroxylation sites is 1. The first kappa shape index (κ1) is 10.2. The Morgan fingerprint density at radius 3 is 2.40 bits per heavy atom. The number of carbonyl (C=O) groups is 1. The van der Waals surface area contributed by atoms with Crippen molar-refractivity contribution in [2.75, 3.05) is 11.9 Å². The van der Waals surface area contributed by atoms with Gasteiger partial charge in [0.1, 0.15) is 0 Å². The van der Waals surface area contributed by atoms with E-state index in [1.54, 1.807) is 4.90 Å². The predicted octanol–water partition coefficient (Wildman–Crippen LogP) is 2.72. The molecule has 1 aromatic carbocycles. The highest BCUT2D eigenvalue weighted by molar-refractivity contribution is 6.07. The number of amides is 1. The van der Waals surface area contributed by atoms with Crippen molar-refractivity contribution in [2.24, 2.45) is 0 Å². The molecular weight excluding hydrogens is 186 g/mol. The van der Waals surface area contributed by atoms with Gasteiger partial charge in [0.25, 0.3) is 0 Å². The molecule has 0 saturated carbocycles. The van der Waals surface area contributed by atoms with Gasteiger partial charge in [-0.3, -0.25) is 4.79 Å². The summed E-state index contributed by atoms with van der Waals surface area (Å²) in [6.07, 6.45) is 1.76. The maximum absolute atomic E-state index is 12.3. The molecule has 0 atom stereocenters. The lowest BCUT2D eigenvalue weighted by Gasteiger charge is -2.24. The van der Waals surface area contributed by atoms with E-state index in [1.807, 2.05) is 25.2 Å². The predicted molar refractivity (Wildman–Crippen MR) is 62.1 cm³/mol. The summed E-state index contributed by atoms with van der Waals surface area (Å²) < 4.78 is 0. The molecule has 0 bridgehead atoms. The zero-order chi connectivity index (χ0) is 11.1. The van der Waals surface area contributed by atoms with Crippen molar-refractivity contribution in [3.05, 3.63) is 29.8 Å². The van der Waals surface area contributed by atoms with Crippen LogP contribution in [0.3, 0.4) is 0 Å². The van der Waals surface area contributed by atoms with E-state index < -0.39 is 0 Å². The van der Waals surface area contributed by atoms with Crippen molar-refractivity contribution in [1.82, 2.24) is 0 Å². The van der Waals surface area contributed by atoms with Gasteiger partial charge in [-0.05, 0) is 24.5 Å². The fourth-order valence-corrected chi connectivity index (χ4v) is 2.65. The van der Waals surface area contributed by atoms with E-state index in [2.05, 4.69) is 19.9 Å². The maximum atomic E-state index is 12.3. The molecule has 0 aromatic heterocycles. The number of carbonyl (C=O) groups excluding carboxylic acids is 1. The highest BCUT2D eigenvalue weighted by Crippen LogP contribution is 2.45. The number of rotatable bonds is 2. The third-order valence-electron chi connectivity index (χ3n) is 3.70. The SMILES string of the molecule is CCC1(CC)C(=O)N(C)c2ccccc21. The van der Waals surface area contributed by atoms with Gasteiger partial charge >= 0.3 is 0 Å². The second-order valence-electron chi connectivity index (χ2n) is 4.17. The summed E-state index contributed by atoms with van der Waals surface area (Å²) in [5, 5.41) is 0. The molecular formula is C13H17NO. The summed E-state index contributed by atoms with van der Waals surface area (Å²) in [4.78, 5) is 14.1. The highest BCUT2D eigenvalue weighted by Gasteiger charge is 2.46. The summed E-state index contributed by atoms with van der Waals surface area (Å²) in [5.74, 6) is 0.244. The van der Waals surface area contributed by atoms with Gasteiger partial charge in [0.15, 0.2) is 0 Å². The molecule has 1 amide bonds. The number of nitrogens with zero attached hydrogens (tertiary/aromatic N) is 1. The Bertz CT molecular complexity index is 393. The van der Waals surface area contributed by atoms with Gasteiger partial charge in [-0.1, -0.05) is 32.0 Å². The monoisotopic (exact) mass is 203 g/mol. The molecule has 0 saturated heterocycles. The lowest BCUT2D eigenvalue weighted by Crippen LogP contribution is -2.37. The molecule has 80 valence electrons. The smallest absolute Gasteiger partial charge is 0.237 e. The minimum absolute atomic E-state index is 0.244. The van der Waals surface area contributed by atoms with E-state index in [9.17, 15) is 4.79 Å². The van der Waals surface area contributed by atoms with Gasteiger partial charge in [-0.15, -0.1) is 0 Å². The van der Waals surface area contributed by atoms with Crippen LogP contribution in [0.2, 0.25) is 0 Å². The van der Waals surface area contributed by atoms with Crippen LogP contribution in [0, 0.1) is 0 Å². The van der Waals surface area contributed by atoms with Gasteiger partial charge in [-0.25, -0.2) is 0 Å². The molecule has 0 unspecified atom stereocenters. The number of fused-ring (bicyclic) bond motifs is 1. The summed E-state index contributed by atoms with van der Waals surface area (Å²) in [6.45, 7) is 4.19. The molecule has 0 radical (unpaired) electrons. The summed E-state index contributed by atoms with van der Waals surface area (Å²) in [5.41, 5.74) is 2.00. The molecule has 0 aliphatic carbocycles. The van der Waals surface area contributed by atoms with E-state index in [0.717, 1.165) is 18.5 Å². The fraction of sp³-hybridized carbons (Fsp3) is 0.462. The number of hydrogen-bond donors (Lipinski definition) is 0. The Morgan fingerprint density at radius 2 is 1.80 bits per heavy atom. The standard InChI is InChI=1S/C13H17NO/c1-4-13(5-2)10-8-6-7-9-11(10)14(3)12(13)15/h6-9H,4-5H2,1-3H3. The summed E-state index contributed by atoms with van der Waals surface area (Å²) in [6, 6.07) is 8.12. The Hall–Kier alpha value is -1.31. The normalized spacial score (nSPS) is 18.1.